The van der Waals surface area contributed by atoms with Crippen molar-refractivity contribution in [2.75, 3.05) is 13.1 Å². The molecule has 24 heavy (non-hydrogen) atoms. The molecule has 4 rings (SSSR count). The number of allylic oxidation sites excluding steroid dienone is 1. The van der Waals surface area contributed by atoms with E-state index in [1.807, 2.05) is 31.2 Å². The normalized spacial score (nSPS) is 22.4. The van der Waals surface area contributed by atoms with Crippen molar-refractivity contribution >= 4 is 28.7 Å². The molecule has 3 heterocycles. The van der Waals surface area contributed by atoms with Crippen molar-refractivity contribution in [3.63, 3.8) is 0 Å². The van der Waals surface area contributed by atoms with Crippen LogP contribution in [-0.4, -0.2) is 45.9 Å². The number of nitrogens with zero attached hydrogens (tertiary/aromatic N) is 3. The zero-order valence-electron chi connectivity index (χ0n) is 13.4. The molecule has 0 bridgehead atoms. The maximum atomic E-state index is 13.1. The molecule has 0 unspecified atom stereocenters. The molecular formula is C17H18N4O2S. The smallest absolute Gasteiger partial charge is 0.263 e. The van der Waals surface area contributed by atoms with Gasteiger partial charge in [0.25, 0.3) is 5.91 Å². The molecule has 1 aromatic carbocycles. The Morgan fingerprint density at radius 3 is 2.75 bits per heavy atom. The topological polar surface area (TPSA) is 79.0 Å². The zero-order chi connectivity index (χ0) is 16.8. The van der Waals surface area contributed by atoms with Gasteiger partial charge in [0.2, 0.25) is 5.91 Å². The van der Waals surface area contributed by atoms with Crippen LogP contribution in [0.1, 0.15) is 18.1 Å². The van der Waals surface area contributed by atoms with Crippen LogP contribution in [0.4, 0.5) is 0 Å². The van der Waals surface area contributed by atoms with Gasteiger partial charge in [-0.15, -0.1) is 0 Å². The van der Waals surface area contributed by atoms with E-state index in [1.54, 1.807) is 4.90 Å². The highest BCUT2D eigenvalue weighted by Crippen LogP contribution is 2.38. The number of fused-ring (bicyclic) bond motifs is 2. The Labute approximate surface area is 144 Å². The minimum atomic E-state index is -0.606. The van der Waals surface area contributed by atoms with Crippen molar-refractivity contribution < 1.29 is 9.59 Å². The Morgan fingerprint density at radius 2 is 2.04 bits per heavy atom. The fourth-order valence-corrected chi connectivity index (χ4v) is 4.57. The number of amidine groups is 1. The zero-order valence-corrected chi connectivity index (χ0v) is 14.2. The summed E-state index contributed by atoms with van der Waals surface area (Å²) in [6, 6.07) is 7.28. The number of primary amides is 1. The fraction of sp³-hybridized carbons (Fsp3) is 0.353. The maximum absolute atomic E-state index is 13.1. The molecule has 2 N–H and O–H groups in total. The molecule has 2 amide bonds. The minimum absolute atomic E-state index is 0.132. The van der Waals surface area contributed by atoms with E-state index in [4.69, 9.17) is 5.73 Å². The third-order valence-electron chi connectivity index (χ3n) is 4.76. The Hall–Kier alpha value is -2.28. The Morgan fingerprint density at radius 1 is 1.29 bits per heavy atom. The largest absolute Gasteiger partial charge is 0.368 e. The van der Waals surface area contributed by atoms with Gasteiger partial charge in [-0.2, -0.15) is 0 Å². The Balaban J connectivity index is 1.67. The van der Waals surface area contributed by atoms with Crippen molar-refractivity contribution in [1.29, 1.82) is 0 Å². The van der Waals surface area contributed by atoms with Crippen LogP contribution < -0.4 is 5.73 Å². The third-order valence-corrected chi connectivity index (χ3v) is 5.97. The van der Waals surface area contributed by atoms with Crippen LogP contribution in [0.3, 0.4) is 0 Å². The Bertz CT molecular complexity index is 802. The van der Waals surface area contributed by atoms with Crippen LogP contribution >= 0.6 is 11.8 Å². The molecule has 0 aliphatic carbocycles. The molecular weight excluding hydrogens is 324 g/mol. The van der Waals surface area contributed by atoms with Gasteiger partial charge in [0, 0.05) is 25.2 Å². The first-order valence-electron chi connectivity index (χ1n) is 7.94. The molecule has 3 aliphatic rings. The first-order chi connectivity index (χ1) is 11.6. The second-order valence-corrected chi connectivity index (χ2v) is 7.13. The minimum Gasteiger partial charge on any atom is -0.368 e. The summed E-state index contributed by atoms with van der Waals surface area (Å²) in [6.45, 7) is 3.92. The summed E-state index contributed by atoms with van der Waals surface area (Å²) in [7, 11) is 0. The lowest BCUT2D eigenvalue weighted by Gasteiger charge is -2.35. The van der Waals surface area contributed by atoms with Gasteiger partial charge in [0.15, 0.2) is 5.17 Å². The summed E-state index contributed by atoms with van der Waals surface area (Å²) in [4.78, 5) is 33.8. The molecule has 0 radical (unpaired) electrons. The predicted octanol–water partition coefficient (Wildman–Crippen LogP) is 1.08. The summed E-state index contributed by atoms with van der Waals surface area (Å²) in [5.74, 6) is -0.593. The maximum Gasteiger partial charge on any atom is 0.263 e. The highest BCUT2D eigenvalue weighted by Gasteiger charge is 2.39. The average molecular weight is 342 g/mol. The van der Waals surface area contributed by atoms with Gasteiger partial charge in [-0.3, -0.25) is 14.6 Å². The van der Waals surface area contributed by atoms with Crippen molar-refractivity contribution in [3.05, 3.63) is 46.0 Å². The molecule has 0 saturated carbocycles. The van der Waals surface area contributed by atoms with Gasteiger partial charge in [0.1, 0.15) is 6.04 Å². The van der Waals surface area contributed by atoms with Gasteiger partial charge in [0.05, 0.1) is 11.4 Å². The number of carbonyl (C=O) groups is 2. The number of carbonyl (C=O) groups excluding carboxylic acids is 2. The second kappa shape index (κ2) is 5.66. The molecule has 0 fully saturated rings. The number of aliphatic imine (C=N–C) groups is 1. The van der Waals surface area contributed by atoms with Gasteiger partial charge in [-0.25, -0.2) is 0 Å². The predicted molar refractivity (Wildman–Crippen MR) is 93.0 cm³/mol. The van der Waals surface area contributed by atoms with E-state index in [9.17, 15) is 9.59 Å². The van der Waals surface area contributed by atoms with Gasteiger partial charge in [-0.05, 0) is 29.8 Å². The van der Waals surface area contributed by atoms with E-state index < -0.39 is 11.9 Å². The van der Waals surface area contributed by atoms with Gasteiger partial charge >= 0.3 is 0 Å². The third kappa shape index (κ3) is 2.31. The van der Waals surface area contributed by atoms with E-state index in [0.29, 0.717) is 17.9 Å². The quantitative estimate of drug-likeness (QED) is 0.872. The summed E-state index contributed by atoms with van der Waals surface area (Å²) in [5.41, 5.74) is 8.66. The molecule has 0 saturated heterocycles. The first-order valence-corrected chi connectivity index (χ1v) is 8.75. The highest BCUT2D eigenvalue weighted by molar-refractivity contribution is 8.18. The molecule has 1 aromatic rings. The number of hydrogen-bond donors (Lipinski definition) is 1. The van der Waals surface area contributed by atoms with Crippen molar-refractivity contribution in [2.24, 2.45) is 10.7 Å². The van der Waals surface area contributed by atoms with Crippen LogP contribution in [0.15, 0.2) is 39.9 Å². The van der Waals surface area contributed by atoms with Crippen molar-refractivity contribution in [3.8, 4) is 0 Å². The first kappa shape index (κ1) is 15.3. The number of hydrogen-bond acceptors (Lipinski definition) is 5. The number of benzene rings is 1. The molecule has 1 atom stereocenters. The number of rotatable bonds is 2. The SMILES string of the molecule is CC1=C(C(=O)N2Cc3ccccc3C[C@@H]2C(N)=O)SC2=NCCN21. The van der Waals surface area contributed by atoms with Crippen molar-refractivity contribution in [1.82, 2.24) is 9.80 Å². The monoisotopic (exact) mass is 342 g/mol. The Kier molecular flexibility index (Phi) is 3.60. The van der Waals surface area contributed by atoms with Gasteiger partial charge in [-0.1, -0.05) is 24.3 Å². The van der Waals surface area contributed by atoms with Crippen molar-refractivity contribution in [2.45, 2.75) is 25.9 Å². The van der Waals surface area contributed by atoms with E-state index in [0.717, 1.165) is 35.1 Å². The van der Waals surface area contributed by atoms with Crippen LogP contribution in [0, 0.1) is 0 Å². The lowest BCUT2D eigenvalue weighted by atomic mass is 9.93. The van der Waals surface area contributed by atoms with Crippen LogP contribution in [0.2, 0.25) is 0 Å². The summed E-state index contributed by atoms with van der Waals surface area (Å²) >= 11 is 1.40. The van der Waals surface area contributed by atoms with Crippen LogP contribution in [-0.2, 0) is 22.6 Å². The number of amides is 2. The lowest BCUT2D eigenvalue weighted by molar-refractivity contribution is -0.137. The lowest BCUT2D eigenvalue weighted by Crippen LogP contribution is -2.51. The summed E-state index contributed by atoms with van der Waals surface area (Å²) < 4.78 is 0. The fourth-order valence-electron chi connectivity index (χ4n) is 3.43. The second-order valence-electron chi connectivity index (χ2n) is 6.16. The molecule has 0 aromatic heterocycles. The molecule has 124 valence electrons. The van der Waals surface area contributed by atoms with Crippen LogP contribution in [0.25, 0.3) is 0 Å². The van der Waals surface area contributed by atoms with E-state index in [1.165, 1.54) is 11.8 Å². The molecule has 7 heteroatoms. The van der Waals surface area contributed by atoms with Gasteiger partial charge < -0.3 is 15.5 Å². The molecule has 0 spiro atoms. The van der Waals surface area contributed by atoms with Crippen LogP contribution in [0.5, 0.6) is 0 Å². The standard InChI is InChI=1S/C17H18N4O2S/c1-10-14(24-17-19-6-7-20(10)17)16(23)21-9-12-5-3-2-4-11(12)8-13(21)15(18)22/h2-5,13H,6-9H2,1H3,(H2,18,22)/t13-/m1/s1. The van der Waals surface area contributed by atoms with E-state index in [-0.39, 0.29) is 5.91 Å². The average Bonchev–Trinajstić information content (AvgIpc) is 3.16. The summed E-state index contributed by atoms with van der Waals surface area (Å²) in [6.07, 6.45) is 0.471. The highest BCUT2D eigenvalue weighted by atomic mass is 32.2. The molecule has 3 aliphatic heterocycles. The van der Waals surface area contributed by atoms with E-state index >= 15 is 0 Å². The summed E-state index contributed by atoms with van der Waals surface area (Å²) in [5, 5.41) is 0.879. The number of nitrogens with two attached hydrogens (primary N) is 1. The number of thioether (sulfide) groups is 1. The molecule has 6 nitrogen and oxygen atoms in total. The van der Waals surface area contributed by atoms with E-state index in [2.05, 4.69) is 9.89 Å².